The molecule has 0 radical (unpaired) electrons. The molecule has 4 heterocycles. The number of rotatable bonds is 6. The van der Waals surface area contributed by atoms with Crippen LogP contribution in [-0.4, -0.2) is 71.2 Å². The van der Waals surface area contributed by atoms with Crippen molar-refractivity contribution in [2.45, 2.75) is 37.0 Å². The van der Waals surface area contributed by atoms with Crippen LogP contribution < -0.4 is 9.80 Å². The highest BCUT2D eigenvalue weighted by molar-refractivity contribution is 6.30. The van der Waals surface area contributed by atoms with Crippen LogP contribution in [-0.2, 0) is 19.1 Å². The number of halogens is 1. The number of fused-ring (bicyclic) bond motifs is 2. The first-order valence-corrected chi connectivity index (χ1v) is 14.1. The Bertz CT molecular complexity index is 1380. The number of aliphatic hydroxyl groups excluding tert-OH is 1. The summed E-state index contributed by atoms with van der Waals surface area (Å²) in [7, 11) is 0. The molecule has 0 saturated carbocycles. The number of carbonyl (C=O) groups is 3. The van der Waals surface area contributed by atoms with Crippen molar-refractivity contribution in [2.24, 2.45) is 11.8 Å². The second-order valence-electron chi connectivity index (χ2n) is 11.0. The van der Waals surface area contributed by atoms with Gasteiger partial charge in [0.15, 0.2) is 0 Å². The fourth-order valence-electron chi connectivity index (χ4n) is 6.85. The Balaban J connectivity index is 1.45. The Morgan fingerprint density at radius 3 is 2.20 bits per heavy atom. The summed E-state index contributed by atoms with van der Waals surface area (Å²) in [6, 6.07) is 15.4. The predicted molar refractivity (Wildman–Crippen MR) is 152 cm³/mol. The molecule has 208 valence electrons. The van der Waals surface area contributed by atoms with Gasteiger partial charge in [0.05, 0.1) is 17.4 Å². The molecule has 2 fully saturated rings. The van der Waals surface area contributed by atoms with E-state index in [1.165, 1.54) is 0 Å². The number of amides is 3. The van der Waals surface area contributed by atoms with Gasteiger partial charge >= 0.3 is 0 Å². The van der Waals surface area contributed by atoms with E-state index in [1.807, 2.05) is 61.6 Å². The maximum absolute atomic E-state index is 14.4. The Hall–Kier alpha value is -3.46. The molecule has 2 saturated heterocycles. The summed E-state index contributed by atoms with van der Waals surface area (Å²) in [5.41, 5.74) is -1.01. The molecule has 1 N–H and O–H groups in total. The van der Waals surface area contributed by atoms with Crippen LogP contribution >= 0.6 is 11.6 Å². The maximum atomic E-state index is 14.4. The van der Waals surface area contributed by atoms with Crippen LogP contribution in [0.3, 0.4) is 0 Å². The lowest BCUT2D eigenvalue weighted by Gasteiger charge is -2.37. The van der Waals surface area contributed by atoms with E-state index < -0.39 is 29.1 Å². The topological polar surface area (TPSA) is 90.4 Å². The van der Waals surface area contributed by atoms with E-state index >= 15 is 0 Å². The molecule has 1 unspecified atom stereocenters. The molecule has 40 heavy (non-hydrogen) atoms. The largest absolute Gasteiger partial charge is 0.396 e. The second kappa shape index (κ2) is 10.2. The summed E-state index contributed by atoms with van der Waals surface area (Å²) in [4.78, 5) is 48.0. The van der Waals surface area contributed by atoms with E-state index in [0.29, 0.717) is 30.1 Å². The minimum Gasteiger partial charge on any atom is -0.396 e. The van der Waals surface area contributed by atoms with Gasteiger partial charge in [-0.3, -0.25) is 14.4 Å². The lowest BCUT2D eigenvalue weighted by atomic mass is 9.74. The van der Waals surface area contributed by atoms with Crippen molar-refractivity contribution in [2.75, 3.05) is 36.0 Å². The van der Waals surface area contributed by atoms with E-state index in [-0.39, 0.29) is 37.4 Å². The highest BCUT2D eigenvalue weighted by Crippen LogP contribution is 2.57. The van der Waals surface area contributed by atoms with E-state index in [2.05, 4.69) is 0 Å². The van der Waals surface area contributed by atoms with Crippen LogP contribution in [0.25, 0.3) is 0 Å². The lowest BCUT2D eigenvalue weighted by Crippen LogP contribution is -2.56. The second-order valence-corrected chi connectivity index (χ2v) is 11.4. The normalized spacial score (nSPS) is 31.2. The zero-order chi connectivity index (χ0) is 28.1. The number of hydrogen-bond donors (Lipinski definition) is 1. The van der Waals surface area contributed by atoms with Crippen LogP contribution in [0.4, 0.5) is 11.4 Å². The Morgan fingerprint density at radius 2 is 1.50 bits per heavy atom. The molecule has 4 aliphatic heterocycles. The van der Waals surface area contributed by atoms with E-state index in [4.69, 9.17) is 16.3 Å². The number of hydrogen-bond acceptors (Lipinski definition) is 5. The Morgan fingerprint density at radius 1 is 0.850 bits per heavy atom. The standard InChI is InChI=1S/C31H32ClN3O5/c1-30-15-7-18-33(22-9-3-2-4-10-22)27(37)24(30)25-28(38)35(17-5-6-20-36)26-29(39)34(19-8-16-31(25,26)40-30)23-13-11-21(32)12-14-23/h2-4,7-16,24-26,36H,5-6,17-20H2,1H3/t24-,25-,26?,30+,31-/m0/s1. The van der Waals surface area contributed by atoms with Gasteiger partial charge in [-0.25, -0.2) is 0 Å². The summed E-state index contributed by atoms with van der Waals surface area (Å²) in [5, 5.41) is 9.97. The van der Waals surface area contributed by atoms with Gasteiger partial charge in [0.2, 0.25) is 11.8 Å². The average molecular weight is 562 g/mol. The highest BCUT2D eigenvalue weighted by Gasteiger charge is 2.74. The van der Waals surface area contributed by atoms with Crippen molar-refractivity contribution < 1.29 is 24.2 Å². The molecule has 0 bridgehead atoms. The van der Waals surface area contributed by atoms with Crippen LogP contribution in [0.5, 0.6) is 0 Å². The van der Waals surface area contributed by atoms with Crippen LogP contribution in [0.15, 0.2) is 78.9 Å². The molecule has 3 amide bonds. The molecule has 8 nitrogen and oxygen atoms in total. The summed E-state index contributed by atoms with van der Waals surface area (Å²) in [6.45, 7) is 2.74. The van der Waals surface area contributed by atoms with Gasteiger partial charge in [-0.05, 0) is 56.2 Å². The van der Waals surface area contributed by atoms with Gasteiger partial charge in [-0.1, -0.05) is 54.1 Å². The predicted octanol–water partition coefficient (Wildman–Crippen LogP) is 3.59. The van der Waals surface area contributed by atoms with Crippen molar-refractivity contribution in [3.8, 4) is 0 Å². The Labute approximate surface area is 238 Å². The van der Waals surface area contributed by atoms with Gasteiger partial charge in [0.1, 0.15) is 11.6 Å². The number of likely N-dealkylation sites (tertiary alicyclic amines) is 1. The van der Waals surface area contributed by atoms with Crippen molar-refractivity contribution >= 4 is 40.7 Å². The molecule has 0 aromatic heterocycles. The van der Waals surface area contributed by atoms with E-state index in [1.54, 1.807) is 39.0 Å². The van der Waals surface area contributed by atoms with Crippen LogP contribution in [0.2, 0.25) is 5.02 Å². The van der Waals surface area contributed by atoms with Gasteiger partial charge in [-0.2, -0.15) is 0 Å². The zero-order valence-corrected chi connectivity index (χ0v) is 23.0. The third-order valence-corrected chi connectivity index (χ3v) is 8.82. The van der Waals surface area contributed by atoms with Crippen molar-refractivity contribution in [1.29, 1.82) is 0 Å². The van der Waals surface area contributed by atoms with Crippen molar-refractivity contribution in [3.63, 3.8) is 0 Å². The number of anilines is 2. The first-order chi connectivity index (χ1) is 19.3. The number of aliphatic hydroxyl groups is 1. The van der Waals surface area contributed by atoms with E-state index in [0.717, 1.165) is 5.69 Å². The number of nitrogens with zero attached hydrogens (tertiary/aromatic N) is 3. The summed E-state index contributed by atoms with van der Waals surface area (Å²) in [6.07, 6.45) is 8.50. The molecule has 1 spiro atoms. The van der Waals surface area contributed by atoms with Crippen LogP contribution in [0, 0.1) is 11.8 Å². The zero-order valence-electron chi connectivity index (χ0n) is 22.3. The SMILES string of the molecule is C[C@@]12C=CCN(c3ccccc3)C(=O)[C@@H]1[C@H]1C(=O)N(CCCCO)C3C(=O)N(c4ccc(Cl)cc4)CC=C[C@@]31O2. The molecule has 2 aromatic rings. The number of ether oxygens (including phenoxy) is 1. The van der Waals surface area contributed by atoms with Gasteiger partial charge in [0.25, 0.3) is 5.91 Å². The number of unbranched alkanes of at least 4 members (excludes halogenated alkanes) is 1. The third kappa shape index (κ3) is 4.08. The smallest absolute Gasteiger partial charge is 0.253 e. The average Bonchev–Trinajstić information content (AvgIpc) is 3.21. The number of para-hydroxylation sites is 1. The van der Waals surface area contributed by atoms with Crippen LogP contribution in [0.1, 0.15) is 19.8 Å². The fourth-order valence-corrected chi connectivity index (χ4v) is 6.97. The summed E-state index contributed by atoms with van der Waals surface area (Å²) in [5.74, 6) is -2.47. The molecular formula is C31H32ClN3O5. The van der Waals surface area contributed by atoms with Crippen molar-refractivity contribution in [1.82, 2.24) is 4.90 Å². The fraction of sp³-hybridized carbons (Fsp3) is 0.387. The number of benzene rings is 2. The first-order valence-electron chi connectivity index (χ1n) is 13.7. The molecule has 5 atom stereocenters. The lowest BCUT2D eigenvalue weighted by molar-refractivity contribution is -0.144. The molecule has 4 aliphatic rings. The minimum atomic E-state index is -1.33. The maximum Gasteiger partial charge on any atom is 0.253 e. The van der Waals surface area contributed by atoms with Crippen molar-refractivity contribution in [3.05, 3.63) is 83.9 Å². The Kier molecular flexibility index (Phi) is 6.81. The van der Waals surface area contributed by atoms with Gasteiger partial charge in [0, 0.05) is 42.6 Å². The first kappa shape index (κ1) is 26.7. The molecule has 2 aromatic carbocycles. The molecule has 0 aliphatic carbocycles. The van der Waals surface area contributed by atoms with Gasteiger partial charge in [-0.15, -0.1) is 0 Å². The molecular weight excluding hydrogens is 530 g/mol. The minimum absolute atomic E-state index is 0.0153. The molecule has 6 rings (SSSR count). The molecule has 9 heteroatoms. The number of carbonyl (C=O) groups excluding carboxylic acids is 3. The monoisotopic (exact) mass is 561 g/mol. The van der Waals surface area contributed by atoms with Gasteiger partial charge < -0.3 is 24.5 Å². The third-order valence-electron chi connectivity index (χ3n) is 8.57. The summed E-state index contributed by atoms with van der Waals surface area (Å²) >= 11 is 6.11. The quantitative estimate of drug-likeness (QED) is 0.430. The summed E-state index contributed by atoms with van der Waals surface area (Å²) < 4.78 is 6.86. The highest BCUT2D eigenvalue weighted by atomic mass is 35.5. The van der Waals surface area contributed by atoms with E-state index in [9.17, 15) is 19.5 Å².